The van der Waals surface area contributed by atoms with Crippen molar-refractivity contribution in [2.45, 2.75) is 6.92 Å². The summed E-state index contributed by atoms with van der Waals surface area (Å²) in [6.07, 6.45) is 3.11. The van der Waals surface area contributed by atoms with Crippen molar-refractivity contribution in [3.05, 3.63) is 47.7 Å². The summed E-state index contributed by atoms with van der Waals surface area (Å²) in [5.74, 6) is 0.390. The van der Waals surface area contributed by atoms with E-state index in [1.165, 1.54) is 6.08 Å². The number of hydrogen-bond donors (Lipinski definition) is 2. The minimum absolute atomic E-state index is 0.165. The molecule has 2 aromatic rings. The smallest absolute Gasteiger partial charge is 0.255 e. The quantitative estimate of drug-likeness (QED) is 0.784. The molecule has 0 aliphatic carbocycles. The SMILES string of the molecule is Cc1cc(NC(=O)/C=C/c2ccc(OCC(N)=O)cc2)n(C)n1. The average molecular weight is 314 g/mol. The zero-order valence-electron chi connectivity index (χ0n) is 12.9. The maximum Gasteiger partial charge on any atom is 0.255 e. The van der Waals surface area contributed by atoms with Crippen molar-refractivity contribution in [1.29, 1.82) is 0 Å². The van der Waals surface area contributed by atoms with E-state index in [0.29, 0.717) is 11.6 Å². The van der Waals surface area contributed by atoms with Crippen LogP contribution in [0.15, 0.2) is 36.4 Å². The summed E-state index contributed by atoms with van der Waals surface area (Å²) in [5, 5.41) is 6.90. The third-order valence-electron chi connectivity index (χ3n) is 2.94. The van der Waals surface area contributed by atoms with Gasteiger partial charge in [-0.1, -0.05) is 12.1 Å². The number of benzene rings is 1. The number of amides is 2. The molecule has 0 bridgehead atoms. The van der Waals surface area contributed by atoms with Crippen molar-refractivity contribution in [2.75, 3.05) is 11.9 Å². The van der Waals surface area contributed by atoms with Crippen molar-refractivity contribution in [1.82, 2.24) is 9.78 Å². The summed E-state index contributed by atoms with van der Waals surface area (Å²) in [4.78, 5) is 22.5. The molecule has 1 aromatic heterocycles. The first-order chi connectivity index (χ1) is 10.9. The van der Waals surface area contributed by atoms with Gasteiger partial charge < -0.3 is 15.8 Å². The lowest BCUT2D eigenvalue weighted by molar-refractivity contribution is -0.120. The molecule has 0 spiro atoms. The van der Waals surface area contributed by atoms with Crippen LogP contribution in [0.25, 0.3) is 6.08 Å². The second kappa shape index (κ2) is 7.26. The number of primary amides is 1. The van der Waals surface area contributed by atoms with Gasteiger partial charge in [0.2, 0.25) is 5.91 Å². The average Bonchev–Trinajstić information content (AvgIpc) is 2.81. The van der Waals surface area contributed by atoms with E-state index in [1.54, 1.807) is 48.1 Å². The number of nitrogens with two attached hydrogens (primary N) is 1. The summed E-state index contributed by atoms with van der Waals surface area (Å²) in [6.45, 7) is 1.69. The predicted octanol–water partition coefficient (Wildman–Crippen LogP) is 1.24. The van der Waals surface area contributed by atoms with E-state index in [9.17, 15) is 9.59 Å². The van der Waals surface area contributed by atoms with Gasteiger partial charge in [0, 0.05) is 19.2 Å². The molecule has 7 nitrogen and oxygen atoms in total. The molecule has 0 atom stereocenters. The number of carbonyl (C=O) groups excluding carboxylic acids is 2. The standard InChI is InChI=1S/C16H18N4O3/c1-11-9-15(20(2)19-11)18-16(22)8-5-12-3-6-13(7-4-12)23-10-14(17)21/h3-9H,10H2,1-2H3,(H2,17,21)(H,18,22)/b8-5+. The second-order valence-corrected chi connectivity index (χ2v) is 4.94. The number of ether oxygens (including phenoxy) is 1. The zero-order valence-corrected chi connectivity index (χ0v) is 12.9. The molecule has 3 N–H and O–H groups in total. The number of aryl methyl sites for hydroxylation is 2. The van der Waals surface area contributed by atoms with E-state index in [0.717, 1.165) is 11.3 Å². The minimum Gasteiger partial charge on any atom is -0.484 e. The topological polar surface area (TPSA) is 99.2 Å². The van der Waals surface area contributed by atoms with E-state index in [-0.39, 0.29) is 12.5 Å². The van der Waals surface area contributed by atoms with Gasteiger partial charge in [-0.05, 0) is 30.7 Å². The Kier molecular flexibility index (Phi) is 5.14. The van der Waals surface area contributed by atoms with Gasteiger partial charge >= 0.3 is 0 Å². The molecule has 0 saturated heterocycles. The highest BCUT2D eigenvalue weighted by molar-refractivity contribution is 6.01. The Bertz CT molecular complexity index is 732. The third kappa shape index (κ3) is 4.99. The molecule has 0 aliphatic heterocycles. The first kappa shape index (κ1) is 16.3. The Morgan fingerprint density at radius 1 is 1.35 bits per heavy atom. The van der Waals surface area contributed by atoms with Gasteiger partial charge in [-0.25, -0.2) is 0 Å². The van der Waals surface area contributed by atoms with Crippen LogP contribution < -0.4 is 15.8 Å². The van der Waals surface area contributed by atoms with Crippen LogP contribution in [0, 0.1) is 6.92 Å². The molecule has 7 heteroatoms. The molecule has 2 rings (SSSR count). The molecule has 2 amide bonds. The van der Waals surface area contributed by atoms with Crippen LogP contribution in [0.2, 0.25) is 0 Å². The van der Waals surface area contributed by atoms with Crippen LogP contribution in [-0.4, -0.2) is 28.2 Å². The van der Waals surface area contributed by atoms with Crippen molar-refractivity contribution >= 4 is 23.7 Å². The molecular formula is C16H18N4O3. The van der Waals surface area contributed by atoms with Crippen molar-refractivity contribution in [2.24, 2.45) is 12.8 Å². The van der Waals surface area contributed by atoms with Gasteiger partial charge in [0.25, 0.3) is 5.91 Å². The maximum absolute atomic E-state index is 11.9. The van der Waals surface area contributed by atoms with Crippen LogP contribution in [0.4, 0.5) is 5.82 Å². The minimum atomic E-state index is -0.531. The van der Waals surface area contributed by atoms with Gasteiger partial charge in [0.05, 0.1) is 5.69 Å². The summed E-state index contributed by atoms with van der Waals surface area (Å²) in [7, 11) is 1.76. The zero-order chi connectivity index (χ0) is 16.8. The molecular weight excluding hydrogens is 296 g/mol. The van der Waals surface area contributed by atoms with Gasteiger partial charge in [-0.3, -0.25) is 14.3 Å². The summed E-state index contributed by atoms with van der Waals surface area (Å²) in [5.41, 5.74) is 6.66. The van der Waals surface area contributed by atoms with Crippen LogP contribution in [0.3, 0.4) is 0 Å². The lowest BCUT2D eigenvalue weighted by atomic mass is 10.2. The van der Waals surface area contributed by atoms with E-state index < -0.39 is 5.91 Å². The predicted molar refractivity (Wildman–Crippen MR) is 86.7 cm³/mol. The molecule has 1 aromatic carbocycles. The molecule has 0 fully saturated rings. The highest BCUT2D eigenvalue weighted by Gasteiger charge is 2.04. The van der Waals surface area contributed by atoms with Gasteiger partial charge in [0.1, 0.15) is 11.6 Å². The Balaban J connectivity index is 1.92. The van der Waals surface area contributed by atoms with Crippen LogP contribution in [0.5, 0.6) is 5.75 Å². The molecule has 1 heterocycles. The van der Waals surface area contributed by atoms with Gasteiger partial charge in [-0.2, -0.15) is 5.10 Å². The second-order valence-electron chi connectivity index (χ2n) is 4.94. The van der Waals surface area contributed by atoms with Crippen molar-refractivity contribution in [3.63, 3.8) is 0 Å². The molecule has 0 aliphatic rings. The van der Waals surface area contributed by atoms with Crippen LogP contribution in [0.1, 0.15) is 11.3 Å². The van der Waals surface area contributed by atoms with Crippen LogP contribution in [-0.2, 0) is 16.6 Å². The van der Waals surface area contributed by atoms with E-state index in [1.807, 2.05) is 6.92 Å². The fourth-order valence-electron chi connectivity index (χ4n) is 1.90. The number of aromatic nitrogens is 2. The Morgan fingerprint density at radius 3 is 2.61 bits per heavy atom. The molecule has 0 unspecified atom stereocenters. The van der Waals surface area contributed by atoms with Gasteiger partial charge in [-0.15, -0.1) is 0 Å². The third-order valence-corrected chi connectivity index (χ3v) is 2.94. The van der Waals surface area contributed by atoms with E-state index >= 15 is 0 Å². The Labute approximate surface area is 133 Å². The normalized spacial score (nSPS) is 10.7. The molecule has 120 valence electrons. The first-order valence-electron chi connectivity index (χ1n) is 6.95. The monoisotopic (exact) mass is 314 g/mol. The Hall–Kier alpha value is -3.09. The molecule has 23 heavy (non-hydrogen) atoms. The number of anilines is 1. The number of nitrogens with one attached hydrogen (secondary N) is 1. The number of carbonyl (C=O) groups is 2. The highest BCUT2D eigenvalue weighted by atomic mass is 16.5. The van der Waals surface area contributed by atoms with Crippen LogP contribution >= 0.6 is 0 Å². The maximum atomic E-state index is 11.9. The lowest BCUT2D eigenvalue weighted by Gasteiger charge is -2.03. The highest BCUT2D eigenvalue weighted by Crippen LogP contribution is 2.13. The Morgan fingerprint density at radius 2 is 2.04 bits per heavy atom. The fraction of sp³-hybridized carbons (Fsp3) is 0.188. The number of rotatable bonds is 6. The largest absolute Gasteiger partial charge is 0.484 e. The fourth-order valence-corrected chi connectivity index (χ4v) is 1.90. The van der Waals surface area contributed by atoms with Gasteiger partial charge in [0.15, 0.2) is 6.61 Å². The van der Waals surface area contributed by atoms with Crippen molar-refractivity contribution < 1.29 is 14.3 Å². The first-order valence-corrected chi connectivity index (χ1v) is 6.95. The lowest BCUT2D eigenvalue weighted by Crippen LogP contribution is -2.19. The number of hydrogen-bond acceptors (Lipinski definition) is 4. The van der Waals surface area contributed by atoms with E-state index in [2.05, 4.69) is 10.4 Å². The summed E-state index contributed by atoms with van der Waals surface area (Å²) >= 11 is 0. The molecule has 0 radical (unpaired) electrons. The molecule has 0 saturated carbocycles. The number of nitrogens with zero attached hydrogens (tertiary/aromatic N) is 2. The van der Waals surface area contributed by atoms with E-state index in [4.69, 9.17) is 10.5 Å². The summed E-state index contributed by atoms with van der Waals surface area (Å²) < 4.78 is 6.76. The van der Waals surface area contributed by atoms with Crippen molar-refractivity contribution in [3.8, 4) is 5.75 Å². The summed E-state index contributed by atoms with van der Waals surface area (Å²) in [6, 6.07) is 8.73.